The number of nitrogen functional groups attached to an aromatic ring is 1. The third-order valence-electron chi connectivity index (χ3n) is 3.13. The second kappa shape index (κ2) is 4.58. The first-order chi connectivity index (χ1) is 7.66. The first kappa shape index (κ1) is 11.0. The van der Waals surface area contributed by atoms with E-state index in [4.69, 9.17) is 5.73 Å². The van der Waals surface area contributed by atoms with Gasteiger partial charge in [0.15, 0.2) is 0 Å². The molecular weight excluding hydrogens is 198 g/mol. The number of hydrogen-bond acceptors (Lipinski definition) is 3. The molecule has 0 aromatic heterocycles. The van der Waals surface area contributed by atoms with E-state index in [9.17, 15) is 0 Å². The van der Waals surface area contributed by atoms with Gasteiger partial charge >= 0.3 is 0 Å². The van der Waals surface area contributed by atoms with Crippen molar-refractivity contribution in [3.05, 3.63) is 36.4 Å². The van der Waals surface area contributed by atoms with E-state index in [1.54, 1.807) is 0 Å². The standard InChI is InChI=1S/C13H19N3/c1-11(12-3-5-13(14)6-4-12)16-9-7-15(2)8-10-16/h3-6H,1,7-10,14H2,2H3. The van der Waals surface area contributed by atoms with Gasteiger partial charge in [0.25, 0.3) is 0 Å². The first-order valence-electron chi connectivity index (χ1n) is 5.65. The van der Waals surface area contributed by atoms with Crippen LogP contribution >= 0.6 is 0 Å². The normalized spacial score (nSPS) is 17.4. The molecule has 16 heavy (non-hydrogen) atoms. The largest absolute Gasteiger partial charge is 0.399 e. The molecule has 3 heteroatoms. The van der Waals surface area contributed by atoms with Crippen molar-refractivity contribution in [1.29, 1.82) is 0 Å². The maximum Gasteiger partial charge on any atom is 0.0367 e. The molecule has 0 aliphatic carbocycles. The second-order valence-corrected chi connectivity index (χ2v) is 4.36. The van der Waals surface area contributed by atoms with E-state index < -0.39 is 0 Å². The monoisotopic (exact) mass is 217 g/mol. The Morgan fingerprint density at radius 2 is 1.69 bits per heavy atom. The third-order valence-corrected chi connectivity index (χ3v) is 3.13. The van der Waals surface area contributed by atoms with Gasteiger partial charge in [0.05, 0.1) is 0 Å². The van der Waals surface area contributed by atoms with Crippen molar-refractivity contribution in [2.75, 3.05) is 39.0 Å². The molecule has 1 fully saturated rings. The highest BCUT2D eigenvalue weighted by atomic mass is 15.2. The third kappa shape index (κ3) is 2.36. The van der Waals surface area contributed by atoms with Gasteiger partial charge < -0.3 is 15.5 Å². The van der Waals surface area contributed by atoms with Crippen molar-refractivity contribution in [2.45, 2.75) is 0 Å². The van der Waals surface area contributed by atoms with E-state index in [0.29, 0.717) is 0 Å². The summed E-state index contributed by atoms with van der Waals surface area (Å²) in [4.78, 5) is 4.68. The molecule has 3 nitrogen and oxygen atoms in total. The van der Waals surface area contributed by atoms with E-state index in [1.165, 1.54) is 5.56 Å². The number of rotatable bonds is 2. The van der Waals surface area contributed by atoms with E-state index in [2.05, 4.69) is 23.4 Å². The van der Waals surface area contributed by atoms with Crippen LogP contribution in [-0.2, 0) is 0 Å². The Balaban J connectivity index is 2.05. The van der Waals surface area contributed by atoms with Crippen LogP contribution in [0.5, 0.6) is 0 Å². The van der Waals surface area contributed by atoms with E-state index >= 15 is 0 Å². The zero-order valence-corrected chi connectivity index (χ0v) is 9.82. The first-order valence-corrected chi connectivity index (χ1v) is 5.65. The van der Waals surface area contributed by atoms with Crippen LogP contribution in [0.4, 0.5) is 5.69 Å². The van der Waals surface area contributed by atoms with Crippen molar-refractivity contribution in [1.82, 2.24) is 9.80 Å². The van der Waals surface area contributed by atoms with Crippen LogP contribution in [0.2, 0.25) is 0 Å². The zero-order valence-electron chi connectivity index (χ0n) is 9.82. The fourth-order valence-corrected chi connectivity index (χ4v) is 1.93. The van der Waals surface area contributed by atoms with Crippen LogP contribution in [0, 0.1) is 0 Å². The van der Waals surface area contributed by atoms with Gasteiger partial charge in [0.1, 0.15) is 0 Å². The van der Waals surface area contributed by atoms with Gasteiger partial charge in [-0.3, -0.25) is 0 Å². The lowest BCUT2D eigenvalue weighted by atomic mass is 10.1. The highest BCUT2D eigenvalue weighted by molar-refractivity contribution is 5.63. The summed E-state index contributed by atoms with van der Waals surface area (Å²) < 4.78 is 0. The summed E-state index contributed by atoms with van der Waals surface area (Å²) in [7, 11) is 2.16. The smallest absolute Gasteiger partial charge is 0.0367 e. The SMILES string of the molecule is C=C(c1ccc(N)cc1)N1CCN(C)CC1. The number of nitrogens with two attached hydrogens (primary N) is 1. The van der Waals surface area contributed by atoms with Gasteiger partial charge in [-0.15, -0.1) is 0 Å². The molecule has 1 aromatic rings. The molecule has 2 rings (SSSR count). The molecule has 1 heterocycles. The van der Waals surface area contributed by atoms with Crippen LogP contribution in [0.25, 0.3) is 5.70 Å². The van der Waals surface area contributed by atoms with Gasteiger partial charge in [0.2, 0.25) is 0 Å². The number of benzene rings is 1. The summed E-state index contributed by atoms with van der Waals surface area (Å²) >= 11 is 0. The molecule has 1 aliphatic heterocycles. The highest BCUT2D eigenvalue weighted by Gasteiger charge is 2.15. The average Bonchev–Trinajstić information content (AvgIpc) is 2.30. The molecule has 0 bridgehead atoms. The molecule has 0 unspecified atom stereocenters. The fraction of sp³-hybridized carbons (Fsp3) is 0.385. The van der Waals surface area contributed by atoms with Crippen LogP contribution in [0.1, 0.15) is 5.56 Å². The molecule has 1 saturated heterocycles. The molecule has 0 radical (unpaired) electrons. The van der Waals surface area contributed by atoms with Crippen LogP contribution in [0.15, 0.2) is 30.8 Å². The van der Waals surface area contributed by atoms with Gasteiger partial charge in [-0.25, -0.2) is 0 Å². The highest BCUT2D eigenvalue weighted by Crippen LogP contribution is 2.19. The van der Waals surface area contributed by atoms with Crippen LogP contribution in [0.3, 0.4) is 0 Å². The van der Waals surface area contributed by atoms with Gasteiger partial charge in [-0.05, 0) is 24.7 Å². The maximum absolute atomic E-state index is 5.67. The lowest BCUT2D eigenvalue weighted by Crippen LogP contribution is -2.43. The minimum atomic E-state index is 0.801. The van der Waals surface area contributed by atoms with E-state index in [-0.39, 0.29) is 0 Å². The fourth-order valence-electron chi connectivity index (χ4n) is 1.93. The molecule has 0 spiro atoms. The predicted octanol–water partition coefficient (Wildman–Crippen LogP) is 1.49. The lowest BCUT2D eigenvalue weighted by molar-refractivity contribution is 0.207. The zero-order chi connectivity index (χ0) is 11.5. The maximum atomic E-state index is 5.67. The molecule has 1 aliphatic rings. The number of likely N-dealkylation sites (N-methyl/N-ethyl adjacent to an activating group) is 1. The number of piperazine rings is 1. The van der Waals surface area contributed by atoms with Crippen molar-refractivity contribution in [2.24, 2.45) is 0 Å². The van der Waals surface area contributed by atoms with Crippen molar-refractivity contribution in [3.63, 3.8) is 0 Å². The van der Waals surface area contributed by atoms with Crippen LogP contribution in [-0.4, -0.2) is 43.0 Å². The number of anilines is 1. The Bertz CT molecular complexity index is 361. The molecule has 86 valence electrons. The summed E-state index contributed by atoms with van der Waals surface area (Å²) in [6, 6.07) is 7.93. The minimum absolute atomic E-state index is 0.801. The van der Waals surface area contributed by atoms with E-state index in [0.717, 1.165) is 37.6 Å². The topological polar surface area (TPSA) is 32.5 Å². The minimum Gasteiger partial charge on any atom is -0.399 e. The second-order valence-electron chi connectivity index (χ2n) is 4.36. The summed E-state index contributed by atoms with van der Waals surface area (Å²) in [6.07, 6.45) is 0. The van der Waals surface area contributed by atoms with Crippen molar-refractivity contribution in [3.8, 4) is 0 Å². The Morgan fingerprint density at radius 3 is 2.25 bits per heavy atom. The van der Waals surface area contributed by atoms with Gasteiger partial charge in [-0.2, -0.15) is 0 Å². The summed E-state index contributed by atoms with van der Waals surface area (Å²) in [5, 5.41) is 0. The lowest BCUT2D eigenvalue weighted by Gasteiger charge is -2.35. The summed E-state index contributed by atoms with van der Waals surface area (Å²) in [5.41, 5.74) is 8.74. The Kier molecular flexibility index (Phi) is 3.15. The number of hydrogen-bond donors (Lipinski definition) is 1. The Morgan fingerprint density at radius 1 is 1.12 bits per heavy atom. The molecular formula is C13H19N3. The average molecular weight is 217 g/mol. The van der Waals surface area contributed by atoms with Crippen LogP contribution < -0.4 is 5.73 Å². The Labute approximate surface area is 97.2 Å². The molecule has 0 saturated carbocycles. The quantitative estimate of drug-likeness (QED) is 0.762. The summed E-state index contributed by atoms with van der Waals surface area (Å²) in [6.45, 7) is 8.49. The van der Waals surface area contributed by atoms with Gasteiger partial charge in [0, 0.05) is 37.6 Å². The van der Waals surface area contributed by atoms with Crippen molar-refractivity contribution >= 4 is 11.4 Å². The predicted molar refractivity (Wildman–Crippen MR) is 69.0 cm³/mol. The molecule has 0 atom stereocenters. The molecule has 0 amide bonds. The van der Waals surface area contributed by atoms with Gasteiger partial charge in [-0.1, -0.05) is 18.7 Å². The van der Waals surface area contributed by atoms with Crippen molar-refractivity contribution < 1.29 is 0 Å². The number of nitrogens with zero attached hydrogens (tertiary/aromatic N) is 2. The Hall–Kier alpha value is -1.48. The molecule has 2 N–H and O–H groups in total. The molecule has 1 aromatic carbocycles. The summed E-state index contributed by atoms with van der Waals surface area (Å²) in [5.74, 6) is 0. The van der Waals surface area contributed by atoms with E-state index in [1.807, 2.05) is 24.3 Å².